The average molecular weight is 507 g/mol. The number of aromatic nitrogens is 6. The number of hydrogen-bond acceptors (Lipinski definition) is 5. The van der Waals surface area contributed by atoms with E-state index in [0.29, 0.717) is 46.3 Å². The number of tetrazole rings is 1. The maximum Gasteiger partial charge on any atom is 0.204 e. The van der Waals surface area contributed by atoms with E-state index in [1.54, 1.807) is 16.7 Å². The second-order valence-electron chi connectivity index (χ2n) is 9.28. The summed E-state index contributed by atoms with van der Waals surface area (Å²) >= 11 is 0. The lowest BCUT2D eigenvalue weighted by Gasteiger charge is -2.16. The number of aromatic amines is 1. The van der Waals surface area contributed by atoms with Crippen molar-refractivity contribution < 1.29 is 19.3 Å². The summed E-state index contributed by atoms with van der Waals surface area (Å²) in [4.78, 5) is 4.63. The topological polar surface area (TPSA) is 81.5 Å². The Morgan fingerprint density at radius 3 is 2.57 bits per heavy atom. The van der Waals surface area contributed by atoms with E-state index in [0.717, 1.165) is 25.0 Å². The zero-order valence-electron chi connectivity index (χ0n) is 19.8. The van der Waals surface area contributed by atoms with Crippen LogP contribution in [0.2, 0.25) is 0 Å². The minimum absolute atomic E-state index is 0. The van der Waals surface area contributed by atoms with Crippen LogP contribution in [0.4, 0.5) is 13.2 Å². The Bertz CT molecular complexity index is 1570. The second-order valence-corrected chi connectivity index (χ2v) is 9.28. The standard InChI is InChI=1S/C27H23F3N6O.H2/c28-20-11-17(26-32-34-35-33-26)9-10-18(20)14-36-24-13-22(30)21(29)12-23(24)31-27(36)19-7-3-4-8-25(19)37-15-16-5-1-2-6-16;/h3-4,7-13,16H,1-2,5-6,14-15H2,(H,32,33,34,35);1H. The van der Waals surface area contributed by atoms with Gasteiger partial charge in [0.25, 0.3) is 0 Å². The van der Waals surface area contributed by atoms with E-state index in [9.17, 15) is 8.78 Å². The minimum Gasteiger partial charge on any atom is -0.493 e. The van der Waals surface area contributed by atoms with Gasteiger partial charge in [0.05, 0.1) is 29.7 Å². The fourth-order valence-electron chi connectivity index (χ4n) is 4.92. The highest BCUT2D eigenvalue weighted by atomic mass is 19.2. The van der Waals surface area contributed by atoms with Crippen LogP contribution in [-0.2, 0) is 6.54 Å². The molecular formula is C27H25F3N6O. The van der Waals surface area contributed by atoms with Crippen molar-refractivity contribution in [1.82, 2.24) is 30.2 Å². The van der Waals surface area contributed by atoms with Crippen LogP contribution >= 0.6 is 0 Å². The molecule has 2 aromatic heterocycles. The van der Waals surface area contributed by atoms with Gasteiger partial charge in [-0.25, -0.2) is 18.2 Å². The van der Waals surface area contributed by atoms with Gasteiger partial charge in [-0.15, -0.1) is 10.2 Å². The molecule has 0 saturated heterocycles. The fourth-order valence-corrected chi connectivity index (χ4v) is 4.92. The Kier molecular flexibility index (Phi) is 6.07. The van der Waals surface area contributed by atoms with Crippen molar-refractivity contribution in [1.29, 1.82) is 0 Å². The average Bonchev–Trinajstić information content (AvgIpc) is 3.67. The summed E-state index contributed by atoms with van der Waals surface area (Å²) in [6, 6.07) is 14.2. The number of ether oxygens (including phenoxy) is 1. The van der Waals surface area contributed by atoms with Crippen LogP contribution in [0.1, 0.15) is 32.7 Å². The quantitative estimate of drug-likeness (QED) is 0.286. The summed E-state index contributed by atoms with van der Waals surface area (Å²) in [5.41, 5.74) is 2.08. The van der Waals surface area contributed by atoms with Crippen LogP contribution in [0.3, 0.4) is 0 Å². The van der Waals surface area contributed by atoms with E-state index in [2.05, 4.69) is 25.6 Å². The molecule has 0 bridgehead atoms. The number of H-pyrrole nitrogens is 1. The monoisotopic (exact) mass is 506 g/mol. The first kappa shape index (κ1) is 23.2. The Labute approximate surface area is 211 Å². The van der Waals surface area contributed by atoms with Crippen LogP contribution in [0.25, 0.3) is 33.8 Å². The normalized spacial score (nSPS) is 14.0. The van der Waals surface area contributed by atoms with Crippen LogP contribution in [0.5, 0.6) is 5.75 Å². The van der Waals surface area contributed by atoms with Gasteiger partial charge >= 0.3 is 0 Å². The molecule has 1 aliphatic rings. The summed E-state index contributed by atoms with van der Waals surface area (Å²) < 4.78 is 51.5. The van der Waals surface area contributed by atoms with Crippen molar-refractivity contribution in [2.75, 3.05) is 6.61 Å². The van der Waals surface area contributed by atoms with Gasteiger partial charge in [-0.2, -0.15) is 5.21 Å². The third-order valence-corrected chi connectivity index (χ3v) is 6.85. The summed E-state index contributed by atoms with van der Waals surface area (Å²) in [6.45, 7) is 0.624. The van der Waals surface area contributed by atoms with Crippen molar-refractivity contribution >= 4 is 11.0 Å². The van der Waals surface area contributed by atoms with E-state index < -0.39 is 17.5 Å². The van der Waals surface area contributed by atoms with Gasteiger partial charge < -0.3 is 9.30 Å². The third-order valence-electron chi connectivity index (χ3n) is 6.85. The Hall–Kier alpha value is -4.21. The number of benzene rings is 3. The van der Waals surface area contributed by atoms with Crippen LogP contribution in [0, 0.1) is 23.4 Å². The molecule has 1 fully saturated rings. The highest BCUT2D eigenvalue weighted by molar-refractivity contribution is 5.82. The van der Waals surface area contributed by atoms with Crippen LogP contribution in [0.15, 0.2) is 54.6 Å². The first-order valence-electron chi connectivity index (χ1n) is 12.2. The molecule has 0 aliphatic heterocycles. The van der Waals surface area contributed by atoms with Gasteiger partial charge in [-0.1, -0.05) is 37.1 Å². The molecule has 3 aromatic carbocycles. The first-order chi connectivity index (χ1) is 18.1. The molecule has 190 valence electrons. The summed E-state index contributed by atoms with van der Waals surface area (Å²) in [5, 5.41) is 13.6. The number of rotatable bonds is 7. The second kappa shape index (κ2) is 9.68. The zero-order valence-corrected chi connectivity index (χ0v) is 19.8. The van der Waals surface area contributed by atoms with Crippen molar-refractivity contribution in [3.05, 3.63) is 77.6 Å². The van der Waals surface area contributed by atoms with Crippen LogP contribution in [-0.4, -0.2) is 36.8 Å². The van der Waals surface area contributed by atoms with Crippen molar-refractivity contribution in [2.45, 2.75) is 32.2 Å². The first-order valence-corrected chi connectivity index (χ1v) is 12.2. The SMILES string of the molecule is Fc1cc2nc(-c3ccccc3OCC3CCCC3)n(Cc3ccc(-c4nn[nH]n4)cc3F)c2cc1F.[HH]. The smallest absolute Gasteiger partial charge is 0.204 e. The van der Waals surface area contributed by atoms with E-state index in [1.807, 2.05) is 24.3 Å². The molecule has 0 spiro atoms. The molecule has 1 N–H and O–H groups in total. The van der Waals surface area contributed by atoms with Gasteiger partial charge in [-0.05, 0) is 42.2 Å². The van der Waals surface area contributed by atoms with Crippen molar-refractivity contribution in [2.24, 2.45) is 5.92 Å². The number of imidazole rings is 1. The molecule has 0 atom stereocenters. The van der Waals surface area contributed by atoms with Gasteiger partial charge in [-0.3, -0.25) is 0 Å². The highest BCUT2D eigenvalue weighted by Gasteiger charge is 2.21. The Morgan fingerprint density at radius 1 is 0.973 bits per heavy atom. The van der Waals surface area contributed by atoms with Crippen LogP contribution < -0.4 is 4.74 Å². The molecule has 2 heterocycles. The minimum atomic E-state index is -1.00. The van der Waals surface area contributed by atoms with E-state index in [1.165, 1.54) is 18.9 Å². The molecule has 37 heavy (non-hydrogen) atoms. The molecule has 6 rings (SSSR count). The molecule has 0 amide bonds. The lowest BCUT2D eigenvalue weighted by molar-refractivity contribution is 0.253. The largest absolute Gasteiger partial charge is 0.493 e. The number of para-hydroxylation sites is 1. The highest BCUT2D eigenvalue weighted by Crippen LogP contribution is 2.35. The lowest BCUT2D eigenvalue weighted by Crippen LogP contribution is -2.10. The fraction of sp³-hybridized carbons (Fsp3) is 0.259. The molecule has 1 aliphatic carbocycles. The predicted molar refractivity (Wildman–Crippen MR) is 133 cm³/mol. The maximum atomic E-state index is 15.2. The van der Waals surface area contributed by atoms with Gasteiger partial charge in [0.15, 0.2) is 11.6 Å². The summed E-state index contributed by atoms with van der Waals surface area (Å²) in [7, 11) is 0. The summed E-state index contributed by atoms with van der Waals surface area (Å²) in [6.07, 6.45) is 4.69. The Balaban J connectivity index is 0.00000294. The lowest BCUT2D eigenvalue weighted by atomic mass is 10.1. The van der Waals surface area contributed by atoms with Gasteiger partial charge in [0.2, 0.25) is 5.82 Å². The summed E-state index contributed by atoms with van der Waals surface area (Å²) in [5.74, 6) is -0.664. The number of fused-ring (bicyclic) bond motifs is 1. The number of hydrogen-bond donors (Lipinski definition) is 1. The van der Waals surface area contributed by atoms with Crippen molar-refractivity contribution in [3.8, 4) is 28.5 Å². The number of nitrogens with one attached hydrogen (secondary N) is 1. The van der Waals surface area contributed by atoms with E-state index in [4.69, 9.17) is 4.74 Å². The van der Waals surface area contributed by atoms with Crippen molar-refractivity contribution in [3.63, 3.8) is 0 Å². The molecule has 5 aromatic rings. The predicted octanol–water partition coefficient (Wildman–Crippen LogP) is 6.16. The van der Waals surface area contributed by atoms with Gasteiger partial charge in [0, 0.05) is 24.7 Å². The molecule has 7 nitrogen and oxygen atoms in total. The Morgan fingerprint density at radius 2 is 1.78 bits per heavy atom. The molecule has 10 heteroatoms. The van der Waals surface area contributed by atoms with E-state index in [-0.39, 0.29) is 19.3 Å². The maximum absolute atomic E-state index is 15.2. The molecule has 1 saturated carbocycles. The molecular weight excluding hydrogens is 481 g/mol. The number of halogens is 3. The third kappa shape index (κ3) is 4.54. The number of nitrogens with zero attached hydrogens (tertiary/aromatic N) is 5. The molecule has 0 radical (unpaired) electrons. The zero-order chi connectivity index (χ0) is 25.4. The molecule has 0 unspecified atom stereocenters. The van der Waals surface area contributed by atoms with Gasteiger partial charge in [0.1, 0.15) is 17.4 Å². The van der Waals surface area contributed by atoms with E-state index >= 15 is 4.39 Å².